The van der Waals surface area contributed by atoms with Gasteiger partial charge in [0.25, 0.3) is 0 Å². The average molecular weight is 431 g/mol. The molecule has 0 saturated carbocycles. The number of rotatable bonds is 9. The van der Waals surface area contributed by atoms with E-state index in [2.05, 4.69) is 15.8 Å². The fraction of sp³-hybridized carbons (Fsp3) is 0.286. The van der Waals surface area contributed by atoms with Gasteiger partial charge in [-0.3, -0.25) is 0 Å². The third kappa shape index (κ3) is 4.74. The van der Waals surface area contributed by atoms with Crippen molar-refractivity contribution in [2.75, 3.05) is 38.4 Å². The Bertz CT molecular complexity index is 1090. The quantitative estimate of drug-likeness (QED) is 0.535. The monoisotopic (exact) mass is 430 g/mol. The van der Waals surface area contributed by atoms with Gasteiger partial charge >= 0.3 is 0 Å². The van der Waals surface area contributed by atoms with Gasteiger partial charge in [-0.25, -0.2) is 12.7 Å². The molecular weight excluding hydrogens is 404 g/mol. The Kier molecular flexibility index (Phi) is 6.63. The smallest absolute Gasteiger partial charge is 0.242 e. The molecule has 1 heterocycles. The van der Waals surface area contributed by atoms with Crippen LogP contribution in [-0.4, -0.2) is 45.6 Å². The van der Waals surface area contributed by atoms with E-state index >= 15 is 0 Å². The molecule has 0 aliphatic rings. The number of aromatic nitrogens is 1. The van der Waals surface area contributed by atoms with Crippen molar-refractivity contribution in [1.29, 1.82) is 0 Å². The summed E-state index contributed by atoms with van der Waals surface area (Å²) in [5.41, 5.74) is 3.11. The molecular formula is C21H26N4O4S. The van der Waals surface area contributed by atoms with Gasteiger partial charge in [0.1, 0.15) is 11.4 Å². The molecule has 0 radical (unpaired) electrons. The van der Waals surface area contributed by atoms with Crippen molar-refractivity contribution in [3.63, 3.8) is 0 Å². The molecule has 8 nitrogen and oxygen atoms in total. The lowest BCUT2D eigenvalue weighted by Gasteiger charge is -2.16. The zero-order chi connectivity index (χ0) is 21.7. The number of sulfonamides is 1. The topological polar surface area (TPSA) is 96.7 Å². The fourth-order valence-corrected chi connectivity index (χ4v) is 3.79. The maximum absolute atomic E-state index is 12.5. The number of nitrogens with one attached hydrogen (secondary N) is 2. The lowest BCUT2D eigenvalue weighted by atomic mass is 10.1. The highest BCUT2D eigenvalue weighted by molar-refractivity contribution is 7.89. The lowest BCUT2D eigenvalue weighted by Crippen LogP contribution is -2.22. The maximum Gasteiger partial charge on any atom is 0.242 e. The fourth-order valence-electron chi connectivity index (χ4n) is 2.86. The molecule has 3 aromatic rings. The molecule has 0 aliphatic carbocycles. The lowest BCUT2D eigenvalue weighted by molar-refractivity contribution is 0.390. The molecule has 0 aliphatic heterocycles. The molecule has 3 rings (SSSR count). The summed E-state index contributed by atoms with van der Waals surface area (Å²) in [4.78, 5) is 0.216. The van der Waals surface area contributed by atoms with Crippen LogP contribution in [0.4, 0.5) is 11.4 Å². The van der Waals surface area contributed by atoms with E-state index in [0.717, 1.165) is 17.0 Å². The van der Waals surface area contributed by atoms with Gasteiger partial charge in [-0.2, -0.15) is 0 Å². The summed E-state index contributed by atoms with van der Waals surface area (Å²) < 4.78 is 36.8. The van der Waals surface area contributed by atoms with Crippen LogP contribution in [0, 0.1) is 0 Å². The summed E-state index contributed by atoms with van der Waals surface area (Å²) in [6.07, 6.45) is 0. The van der Waals surface area contributed by atoms with E-state index < -0.39 is 10.0 Å². The summed E-state index contributed by atoms with van der Waals surface area (Å²) in [5.74, 6) is 1.40. The van der Waals surface area contributed by atoms with Crippen LogP contribution in [0.3, 0.4) is 0 Å². The molecule has 0 unspecified atom stereocenters. The van der Waals surface area contributed by atoms with Crippen LogP contribution in [0.1, 0.15) is 12.7 Å². The molecule has 30 heavy (non-hydrogen) atoms. The molecule has 2 aromatic carbocycles. The minimum absolute atomic E-state index is 0.216. The van der Waals surface area contributed by atoms with E-state index in [1.54, 1.807) is 25.3 Å². The van der Waals surface area contributed by atoms with Crippen LogP contribution in [0.5, 0.6) is 5.75 Å². The van der Waals surface area contributed by atoms with Crippen molar-refractivity contribution in [2.24, 2.45) is 0 Å². The highest BCUT2D eigenvalue weighted by atomic mass is 32.2. The average Bonchev–Trinajstić information content (AvgIpc) is 3.22. The van der Waals surface area contributed by atoms with Crippen molar-refractivity contribution in [1.82, 2.24) is 9.46 Å². The molecule has 9 heteroatoms. The second kappa shape index (κ2) is 9.19. The molecule has 0 spiro atoms. The summed E-state index contributed by atoms with van der Waals surface area (Å²) in [6, 6.07) is 14.4. The minimum atomic E-state index is -3.53. The number of methoxy groups -OCH3 is 1. The van der Waals surface area contributed by atoms with Crippen LogP contribution in [0.2, 0.25) is 0 Å². The minimum Gasteiger partial charge on any atom is -0.497 e. The first kappa shape index (κ1) is 21.7. The van der Waals surface area contributed by atoms with Gasteiger partial charge in [-0.05, 0) is 49.4 Å². The third-order valence-electron chi connectivity index (χ3n) is 4.53. The highest BCUT2D eigenvalue weighted by Crippen LogP contribution is 2.28. The first-order valence-corrected chi connectivity index (χ1v) is 10.9. The van der Waals surface area contributed by atoms with Gasteiger partial charge in [-0.1, -0.05) is 5.16 Å². The molecule has 1 aromatic heterocycles. The highest BCUT2D eigenvalue weighted by Gasteiger charge is 2.19. The number of anilines is 2. The van der Waals surface area contributed by atoms with Crippen LogP contribution in [0.15, 0.2) is 57.9 Å². The van der Waals surface area contributed by atoms with Gasteiger partial charge in [0.15, 0.2) is 5.76 Å². The van der Waals surface area contributed by atoms with E-state index in [1.807, 2.05) is 37.3 Å². The summed E-state index contributed by atoms with van der Waals surface area (Å²) in [6.45, 7) is 3.04. The Hall–Kier alpha value is -3.04. The van der Waals surface area contributed by atoms with Gasteiger partial charge < -0.3 is 19.9 Å². The van der Waals surface area contributed by atoms with Crippen LogP contribution in [0.25, 0.3) is 11.3 Å². The summed E-state index contributed by atoms with van der Waals surface area (Å²) in [7, 11) is 1.11. The Morgan fingerprint density at radius 1 is 1.03 bits per heavy atom. The SMILES string of the molecule is CCNc1ccc(S(=O)(=O)N(C)C)cc1NCc1cc(-c2ccc(OC)cc2)no1. The Morgan fingerprint density at radius 2 is 1.77 bits per heavy atom. The Balaban J connectivity index is 1.79. The maximum atomic E-state index is 12.5. The number of hydrogen-bond donors (Lipinski definition) is 2. The number of hydrogen-bond acceptors (Lipinski definition) is 7. The predicted octanol–water partition coefficient (Wildman–Crippen LogP) is 3.64. The van der Waals surface area contributed by atoms with E-state index in [9.17, 15) is 8.42 Å². The van der Waals surface area contributed by atoms with E-state index in [4.69, 9.17) is 9.26 Å². The summed E-state index contributed by atoms with van der Waals surface area (Å²) >= 11 is 0. The molecule has 0 saturated heterocycles. The van der Waals surface area contributed by atoms with Gasteiger partial charge in [0.2, 0.25) is 10.0 Å². The van der Waals surface area contributed by atoms with Crippen molar-refractivity contribution in [3.05, 3.63) is 54.3 Å². The third-order valence-corrected chi connectivity index (χ3v) is 6.35. The number of nitrogens with zero attached hydrogens (tertiary/aromatic N) is 2. The predicted molar refractivity (Wildman–Crippen MR) is 117 cm³/mol. The second-order valence-electron chi connectivity index (χ2n) is 6.79. The molecule has 0 bridgehead atoms. The molecule has 160 valence electrons. The first-order valence-electron chi connectivity index (χ1n) is 9.49. The Labute approximate surface area is 176 Å². The number of ether oxygens (including phenoxy) is 1. The number of benzene rings is 2. The van der Waals surface area contributed by atoms with Gasteiger partial charge in [0.05, 0.1) is 29.9 Å². The van der Waals surface area contributed by atoms with E-state index in [0.29, 0.717) is 30.2 Å². The second-order valence-corrected chi connectivity index (χ2v) is 8.94. The normalized spacial score (nSPS) is 11.5. The van der Waals surface area contributed by atoms with E-state index in [-0.39, 0.29) is 4.90 Å². The van der Waals surface area contributed by atoms with Gasteiger partial charge in [-0.15, -0.1) is 0 Å². The standard InChI is InChI=1S/C21H26N4O4S/c1-5-22-19-11-10-18(30(26,27)25(2)3)13-21(19)23-14-17-12-20(24-29-17)15-6-8-16(28-4)9-7-15/h6-13,22-23H,5,14H2,1-4H3. The summed E-state index contributed by atoms with van der Waals surface area (Å²) in [5, 5.41) is 10.6. The van der Waals surface area contributed by atoms with Crippen molar-refractivity contribution in [3.8, 4) is 17.0 Å². The Morgan fingerprint density at radius 3 is 2.40 bits per heavy atom. The van der Waals surface area contributed by atoms with Crippen molar-refractivity contribution < 1.29 is 17.7 Å². The van der Waals surface area contributed by atoms with Crippen molar-refractivity contribution in [2.45, 2.75) is 18.4 Å². The molecule has 2 N–H and O–H groups in total. The zero-order valence-electron chi connectivity index (χ0n) is 17.5. The van der Waals surface area contributed by atoms with Crippen LogP contribution in [-0.2, 0) is 16.6 Å². The van der Waals surface area contributed by atoms with Crippen LogP contribution < -0.4 is 15.4 Å². The molecule has 0 fully saturated rings. The van der Waals surface area contributed by atoms with Crippen LogP contribution >= 0.6 is 0 Å². The molecule has 0 atom stereocenters. The van der Waals surface area contributed by atoms with E-state index in [1.165, 1.54) is 18.4 Å². The van der Waals surface area contributed by atoms with Gasteiger partial charge in [0, 0.05) is 32.3 Å². The molecule has 0 amide bonds. The largest absolute Gasteiger partial charge is 0.497 e. The zero-order valence-corrected chi connectivity index (χ0v) is 18.3. The van der Waals surface area contributed by atoms with Crippen molar-refractivity contribution >= 4 is 21.4 Å². The first-order chi connectivity index (χ1) is 14.3.